The SMILES string of the molecule is CC(CCO)CNC(=O)CCSc1nc2ccccc2s1. The molecule has 1 aromatic carbocycles. The minimum absolute atomic E-state index is 0.0633. The van der Waals surface area contributed by atoms with E-state index in [4.69, 9.17) is 5.11 Å². The van der Waals surface area contributed by atoms with E-state index in [1.54, 1.807) is 23.1 Å². The normalized spacial score (nSPS) is 12.5. The van der Waals surface area contributed by atoms with E-state index in [9.17, 15) is 4.79 Å². The molecule has 0 spiro atoms. The molecule has 2 aromatic rings. The zero-order valence-corrected chi connectivity index (χ0v) is 13.7. The minimum atomic E-state index is 0.0633. The summed E-state index contributed by atoms with van der Waals surface area (Å²) in [6.07, 6.45) is 1.22. The van der Waals surface area contributed by atoms with Gasteiger partial charge in [0, 0.05) is 25.3 Å². The van der Waals surface area contributed by atoms with E-state index in [1.165, 1.54) is 4.70 Å². The predicted octanol–water partition coefficient (Wildman–Crippen LogP) is 2.91. The van der Waals surface area contributed by atoms with Crippen LogP contribution in [0, 0.1) is 5.92 Å². The molecule has 114 valence electrons. The third kappa shape index (κ3) is 5.30. The molecular formula is C15H20N2O2S2. The summed E-state index contributed by atoms with van der Waals surface area (Å²) in [5.74, 6) is 1.12. The highest BCUT2D eigenvalue weighted by Crippen LogP contribution is 2.29. The number of aliphatic hydroxyl groups is 1. The van der Waals surface area contributed by atoms with Gasteiger partial charge in [0.2, 0.25) is 5.91 Å². The van der Waals surface area contributed by atoms with Crippen molar-refractivity contribution in [3.8, 4) is 0 Å². The van der Waals surface area contributed by atoms with Gasteiger partial charge >= 0.3 is 0 Å². The molecule has 6 heteroatoms. The third-order valence-corrected chi connectivity index (χ3v) is 5.28. The van der Waals surface area contributed by atoms with Gasteiger partial charge in [0.25, 0.3) is 0 Å². The number of thiazole rings is 1. The van der Waals surface area contributed by atoms with Crippen molar-refractivity contribution in [1.29, 1.82) is 0 Å². The summed E-state index contributed by atoms with van der Waals surface area (Å²) < 4.78 is 2.19. The molecule has 0 radical (unpaired) electrons. The number of aliphatic hydroxyl groups excluding tert-OH is 1. The van der Waals surface area contributed by atoms with E-state index in [0.29, 0.717) is 18.9 Å². The van der Waals surface area contributed by atoms with E-state index in [2.05, 4.69) is 16.4 Å². The number of nitrogens with one attached hydrogen (secondary N) is 1. The van der Waals surface area contributed by atoms with Crippen molar-refractivity contribution in [3.05, 3.63) is 24.3 Å². The van der Waals surface area contributed by atoms with Crippen molar-refractivity contribution in [2.75, 3.05) is 18.9 Å². The number of aromatic nitrogens is 1. The molecule has 2 rings (SSSR count). The zero-order chi connectivity index (χ0) is 15.1. The smallest absolute Gasteiger partial charge is 0.220 e. The Morgan fingerprint density at radius 3 is 3.05 bits per heavy atom. The first-order valence-corrected chi connectivity index (χ1v) is 8.85. The van der Waals surface area contributed by atoms with Crippen LogP contribution in [0.3, 0.4) is 0 Å². The monoisotopic (exact) mass is 324 g/mol. The Labute approximate surface area is 133 Å². The Kier molecular flexibility index (Phi) is 6.48. The van der Waals surface area contributed by atoms with Gasteiger partial charge in [-0.3, -0.25) is 4.79 Å². The van der Waals surface area contributed by atoms with Crippen LogP contribution in [-0.4, -0.2) is 34.9 Å². The topological polar surface area (TPSA) is 62.2 Å². The van der Waals surface area contributed by atoms with E-state index >= 15 is 0 Å². The summed E-state index contributed by atoms with van der Waals surface area (Å²) in [7, 11) is 0. The maximum atomic E-state index is 11.7. The lowest BCUT2D eigenvalue weighted by Gasteiger charge is -2.10. The summed E-state index contributed by atoms with van der Waals surface area (Å²) in [4.78, 5) is 16.2. The molecule has 0 aliphatic heterocycles. The number of nitrogens with zero attached hydrogens (tertiary/aromatic N) is 1. The fourth-order valence-electron chi connectivity index (χ4n) is 1.84. The van der Waals surface area contributed by atoms with Gasteiger partial charge in [-0.1, -0.05) is 30.8 Å². The second kappa shape index (κ2) is 8.36. The highest BCUT2D eigenvalue weighted by molar-refractivity contribution is 8.01. The summed E-state index contributed by atoms with van der Waals surface area (Å²) >= 11 is 3.29. The molecule has 21 heavy (non-hydrogen) atoms. The molecule has 0 aliphatic carbocycles. The largest absolute Gasteiger partial charge is 0.396 e. The number of carbonyl (C=O) groups excluding carboxylic acids is 1. The van der Waals surface area contributed by atoms with Gasteiger partial charge in [0.05, 0.1) is 10.2 Å². The second-order valence-corrected chi connectivity index (χ2v) is 7.34. The maximum Gasteiger partial charge on any atom is 0.220 e. The van der Waals surface area contributed by atoms with Crippen molar-refractivity contribution in [1.82, 2.24) is 10.3 Å². The first kappa shape index (κ1) is 16.3. The Balaban J connectivity index is 1.70. The van der Waals surface area contributed by atoms with Gasteiger partial charge in [-0.25, -0.2) is 4.98 Å². The van der Waals surface area contributed by atoms with Crippen molar-refractivity contribution < 1.29 is 9.90 Å². The maximum absolute atomic E-state index is 11.7. The standard InChI is InChI=1S/C15H20N2O2S2/c1-11(6-8-18)10-16-14(19)7-9-20-15-17-12-4-2-3-5-13(12)21-15/h2-5,11,18H,6-10H2,1H3,(H,16,19). The van der Waals surface area contributed by atoms with Crippen LogP contribution in [0.5, 0.6) is 0 Å². The van der Waals surface area contributed by atoms with Crippen LogP contribution in [-0.2, 0) is 4.79 Å². The number of carbonyl (C=O) groups is 1. The highest BCUT2D eigenvalue weighted by atomic mass is 32.2. The van der Waals surface area contributed by atoms with Gasteiger partial charge in [0.15, 0.2) is 4.34 Å². The molecule has 1 atom stereocenters. The Bertz CT molecular complexity index is 553. The third-order valence-electron chi connectivity index (χ3n) is 3.10. The highest BCUT2D eigenvalue weighted by Gasteiger charge is 2.07. The molecule has 1 unspecified atom stereocenters. The van der Waals surface area contributed by atoms with Crippen LogP contribution in [0.1, 0.15) is 19.8 Å². The molecule has 1 aromatic heterocycles. The lowest BCUT2D eigenvalue weighted by atomic mass is 10.1. The van der Waals surface area contributed by atoms with Gasteiger partial charge in [-0.05, 0) is 24.5 Å². The zero-order valence-electron chi connectivity index (χ0n) is 12.0. The second-order valence-electron chi connectivity index (χ2n) is 4.97. The summed E-state index contributed by atoms with van der Waals surface area (Å²) in [6.45, 7) is 2.82. The summed E-state index contributed by atoms with van der Waals surface area (Å²) in [5, 5.41) is 11.7. The van der Waals surface area contributed by atoms with Crippen molar-refractivity contribution >= 4 is 39.2 Å². The van der Waals surface area contributed by atoms with Crippen LogP contribution in [0.4, 0.5) is 0 Å². The lowest BCUT2D eigenvalue weighted by molar-refractivity contribution is -0.120. The average Bonchev–Trinajstić information content (AvgIpc) is 2.88. The number of rotatable bonds is 8. The Morgan fingerprint density at radius 2 is 2.29 bits per heavy atom. The van der Waals surface area contributed by atoms with E-state index in [0.717, 1.165) is 22.0 Å². The first-order chi connectivity index (χ1) is 10.2. The lowest BCUT2D eigenvalue weighted by Crippen LogP contribution is -2.28. The molecule has 0 saturated carbocycles. The molecule has 0 saturated heterocycles. The molecule has 2 N–H and O–H groups in total. The number of thioether (sulfide) groups is 1. The molecule has 0 bridgehead atoms. The van der Waals surface area contributed by atoms with E-state index < -0.39 is 0 Å². The number of fused-ring (bicyclic) bond motifs is 1. The molecule has 0 aliphatic rings. The van der Waals surface area contributed by atoms with Gasteiger partial charge in [-0.2, -0.15) is 0 Å². The van der Waals surface area contributed by atoms with Gasteiger partial charge in [-0.15, -0.1) is 11.3 Å². The van der Waals surface area contributed by atoms with Crippen molar-refractivity contribution in [2.45, 2.75) is 24.1 Å². The number of benzene rings is 1. The van der Waals surface area contributed by atoms with Gasteiger partial charge in [0.1, 0.15) is 0 Å². The van der Waals surface area contributed by atoms with Crippen LogP contribution >= 0.6 is 23.1 Å². The quantitative estimate of drug-likeness (QED) is 0.733. The van der Waals surface area contributed by atoms with Gasteiger partial charge < -0.3 is 10.4 Å². The molecule has 1 heterocycles. The van der Waals surface area contributed by atoms with Crippen LogP contribution < -0.4 is 5.32 Å². The van der Waals surface area contributed by atoms with Crippen LogP contribution in [0.15, 0.2) is 28.6 Å². The van der Waals surface area contributed by atoms with Crippen LogP contribution in [0.2, 0.25) is 0 Å². The van der Waals surface area contributed by atoms with E-state index in [-0.39, 0.29) is 12.5 Å². The Hall–Kier alpha value is -1.11. The fourth-order valence-corrected chi connectivity index (χ4v) is 3.92. The summed E-state index contributed by atoms with van der Waals surface area (Å²) in [5.41, 5.74) is 1.02. The van der Waals surface area contributed by atoms with E-state index in [1.807, 2.05) is 25.1 Å². The Morgan fingerprint density at radius 1 is 1.48 bits per heavy atom. The molecular weight excluding hydrogens is 304 g/mol. The number of hydrogen-bond donors (Lipinski definition) is 2. The minimum Gasteiger partial charge on any atom is -0.396 e. The summed E-state index contributed by atoms with van der Waals surface area (Å²) in [6, 6.07) is 8.06. The number of hydrogen-bond acceptors (Lipinski definition) is 5. The predicted molar refractivity (Wildman–Crippen MR) is 88.8 cm³/mol. The van der Waals surface area contributed by atoms with Crippen molar-refractivity contribution in [3.63, 3.8) is 0 Å². The fraction of sp³-hybridized carbons (Fsp3) is 0.467. The number of para-hydroxylation sites is 1. The molecule has 0 fully saturated rings. The molecule has 1 amide bonds. The first-order valence-electron chi connectivity index (χ1n) is 7.05. The van der Waals surface area contributed by atoms with Crippen LogP contribution in [0.25, 0.3) is 10.2 Å². The number of amides is 1. The van der Waals surface area contributed by atoms with Crippen molar-refractivity contribution in [2.24, 2.45) is 5.92 Å². The molecule has 4 nitrogen and oxygen atoms in total. The average molecular weight is 324 g/mol.